The summed E-state index contributed by atoms with van der Waals surface area (Å²) in [5, 5.41) is 1.36. The average molecular weight is 433 g/mol. The minimum atomic E-state index is -0.0359. The van der Waals surface area contributed by atoms with Crippen LogP contribution in [-0.2, 0) is 0 Å². The number of nitrogens with zero attached hydrogens (tertiary/aromatic N) is 2. The molecule has 4 nitrogen and oxygen atoms in total. The van der Waals surface area contributed by atoms with Gasteiger partial charge in [-0.05, 0) is 42.8 Å². The Hall–Kier alpha value is -1.98. The van der Waals surface area contributed by atoms with Gasteiger partial charge in [0, 0.05) is 47.2 Å². The third-order valence-electron chi connectivity index (χ3n) is 4.84. The third kappa shape index (κ3) is 3.21. The van der Waals surface area contributed by atoms with E-state index in [-0.39, 0.29) is 5.91 Å². The Morgan fingerprint density at radius 3 is 2.62 bits per heavy atom. The number of nitrogens with one attached hydrogen (secondary N) is 1. The molecule has 0 unspecified atom stereocenters. The van der Waals surface area contributed by atoms with Crippen molar-refractivity contribution >= 4 is 50.0 Å². The maximum absolute atomic E-state index is 13.0. The fourth-order valence-electron chi connectivity index (χ4n) is 3.43. The van der Waals surface area contributed by atoms with Crippen molar-refractivity contribution in [2.24, 2.45) is 0 Å². The standard InChI is InChI=1S/C20H19BrClN3O/c1-13-3-2-4-15(11-13)24-7-9-25(10-8-24)20(26)19-18(22)16-12-14(21)5-6-17(16)23-19/h2-6,11-12,23H,7-10H2,1H3. The molecular formula is C20H19BrClN3O. The highest BCUT2D eigenvalue weighted by atomic mass is 79.9. The van der Waals surface area contributed by atoms with Crippen LogP contribution in [0.5, 0.6) is 0 Å². The minimum Gasteiger partial charge on any atom is -0.368 e. The molecule has 0 saturated carbocycles. The van der Waals surface area contributed by atoms with Gasteiger partial charge >= 0.3 is 0 Å². The molecule has 3 aromatic rings. The van der Waals surface area contributed by atoms with E-state index >= 15 is 0 Å². The SMILES string of the molecule is Cc1cccc(N2CCN(C(=O)c3[nH]c4ccc(Br)cc4c3Cl)CC2)c1. The molecule has 6 heteroatoms. The van der Waals surface area contributed by atoms with E-state index in [1.165, 1.54) is 11.3 Å². The molecule has 26 heavy (non-hydrogen) atoms. The van der Waals surface area contributed by atoms with Crippen LogP contribution in [0.4, 0.5) is 5.69 Å². The van der Waals surface area contributed by atoms with Gasteiger partial charge in [0.1, 0.15) is 5.69 Å². The molecule has 0 aliphatic carbocycles. The Labute approximate surface area is 165 Å². The van der Waals surface area contributed by atoms with Gasteiger partial charge in [0.2, 0.25) is 0 Å². The summed E-state index contributed by atoms with van der Waals surface area (Å²) >= 11 is 9.93. The summed E-state index contributed by atoms with van der Waals surface area (Å²) in [6, 6.07) is 14.3. The summed E-state index contributed by atoms with van der Waals surface area (Å²) in [5.41, 5.74) is 3.81. The van der Waals surface area contributed by atoms with Crippen molar-refractivity contribution in [3.05, 3.63) is 63.2 Å². The molecule has 1 amide bonds. The number of carbonyl (C=O) groups excluding carboxylic acids is 1. The average Bonchev–Trinajstić information content (AvgIpc) is 2.97. The van der Waals surface area contributed by atoms with Gasteiger partial charge in [0.15, 0.2) is 0 Å². The van der Waals surface area contributed by atoms with Crippen LogP contribution in [-0.4, -0.2) is 42.0 Å². The number of aryl methyl sites for hydroxylation is 1. The van der Waals surface area contributed by atoms with E-state index in [0.29, 0.717) is 23.8 Å². The van der Waals surface area contributed by atoms with Crippen LogP contribution in [0.25, 0.3) is 10.9 Å². The van der Waals surface area contributed by atoms with Gasteiger partial charge in [0.25, 0.3) is 5.91 Å². The Morgan fingerprint density at radius 2 is 1.88 bits per heavy atom. The van der Waals surface area contributed by atoms with Gasteiger partial charge in [-0.25, -0.2) is 0 Å². The predicted molar refractivity (Wildman–Crippen MR) is 110 cm³/mol. The molecule has 1 aliphatic heterocycles. The molecule has 0 bridgehead atoms. The Morgan fingerprint density at radius 1 is 1.12 bits per heavy atom. The molecule has 1 aromatic heterocycles. The molecule has 2 aromatic carbocycles. The second-order valence-electron chi connectivity index (χ2n) is 6.62. The quantitative estimate of drug-likeness (QED) is 0.628. The summed E-state index contributed by atoms with van der Waals surface area (Å²) in [7, 11) is 0. The molecule has 2 heterocycles. The first-order valence-electron chi connectivity index (χ1n) is 8.60. The van der Waals surface area contributed by atoms with Gasteiger partial charge in [0.05, 0.1) is 5.02 Å². The van der Waals surface area contributed by atoms with E-state index in [2.05, 4.69) is 57.0 Å². The molecule has 0 spiro atoms. The van der Waals surface area contributed by atoms with E-state index in [0.717, 1.165) is 28.5 Å². The zero-order valence-electron chi connectivity index (χ0n) is 14.4. The maximum atomic E-state index is 13.0. The Balaban J connectivity index is 1.51. The monoisotopic (exact) mass is 431 g/mol. The zero-order chi connectivity index (χ0) is 18.3. The van der Waals surface area contributed by atoms with Crippen molar-refractivity contribution in [1.29, 1.82) is 0 Å². The number of aromatic amines is 1. The molecule has 1 saturated heterocycles. The first kappa shape index (κ1) is 17.4. The summed E-state index contributed by atoms with van der Waals surface area (Å²) in [4.78, 5) is 20.3. The topological polar surface area (TPSA) is 39.3 Å². The molecule has 0 radical (unpaired) electrons. The summed E-state index contributed by atoms with van der Waals surface area (Å²) in [6.07, 6.45) is 0. The number of piperazine rings is 1. The number of benzene rings is 2. The number of halogens is 2. The van der Waals surface area contributed by atoms with Crippen LogP contribution in [0.1, 0.15) is 16.1 Å². The maximum Gasteiger partial charge on any atom is 0.271 e. The van der Waals surface area contributed by atoms with Crippen molar-refractivity contribution in [2.45, 2.75) is 6.92 Å². The van der Waals surface area contributed by atoms with Crippen molar-refractivity contribution in [3.8, 4) is 0 Å². The van der Waals surface area contributed by atoms with E-state index in [1.807, 2.05) is 23.1 Å². The Kier molecular flexibility index (Phi) is 4.67. The lowest BCUT2D eigenvalue weighted by Gasteiger charge is -2.36. The molecule has 1 N–H and O–H groups in total. The molecule has 1 fully saturated rings. The summed E-state index contributed by atoms with van der Waals surface area (Å²) in [6.45, 7) is 5.10. The second-order valence-corrected chi connectivity index (χ2v) is 7.92. The highest BCUT2D eigenvalue weighted by Gasteiger charge is 2.26. The minimum absolute atomic E-state index is 0.0359. The van der Waals surface area contributed by atoms with Gasteiger partial charge in [-0.15, -0.1) is 0 Å². The van der Waals surface area contributed by atoms with Crippen molar-refractivity contribution in [3.63, 3.8) is 0 Å². The normalized spacial score (nSPS) is 14.9. The highest BCUT2D eigenvalue weighted by Crippen LogP contribution is 2.31. The number of carbonyl (C=O) groups is 1. The van der Waals surface area contributed by atoms with Crippen molar-refractivity contribution in [1.82, 2.24) is 9.88 Å². The molecule has 1 aliphatic rings. The van der Waals surface area contributed by atoms with Crippen molar-refractivity contribution < 1.29 is 4.79 Å². The molecule has 4 rings (SSSR count). The Bertz CT molecular complexity index is 976. The summed E-state index contributed by atoms with van der Waals surface area (Å²) < 4.78 is 0.941. The van der Waals surface area contributed by atoms with Crippen molar-refractivity contribution in [2.75, 3.05) is 31.1 Å². The number of H-pyrrole nitrogens is 1. The van der Waals surface area contributed by atoms with Gasteiger partial charge in [-0.1, -0.05) is 39.7 Å². The summed E-state index contributed by atoms with van der Waals surface area (Å²) in [5.74, 6) is -0.0359. The van der Waals surface area contributed by atoms with Crippen LogP contribution in [0.3, 0.4) is 0 Å². The third-order valence-corrected chi connectivity index (χ3v) is 5.73. The number of anilines is 1. The van der Waals surface area contributed by atoms with E-state index in [1.54, 1.807) is 0 Å². The first-order valence-corrected chi connectivity index (χ1v) is 9.77. The first-order chi connectivity index (χ1) is 12.5. The fourth-order valence-corrected chi connectivity index (χ4v) is 4.07. The van der Waals surface area contributed by atoms with E-state index < -0.39 is 0 Å². The number of hydrogen-bond donors (Lipinski definition) is 1. The number of fused-ring (bicyclic) bond motifs is 1. The molecule has 134 valence electrons. The van der Waals surface area contributed by atoms with E-state index in [9.17, 15) is 4.79 Å². The van der Waals surface area contributed by atoms with Gasteiger partial charge in [-0.3, -0.25) is 4.79 Å². The van der Waals surface area contributed by atoms with Crippen LogP contribution in [0.15, 0.2) is 46.9 Å². The van der Waals surface area contributed by atoms with Gasteiger partial charge in [-0.2, -0.15) is 0 Å². The van der Waals surface area contributed by atoms with Crippen LogP contribution in [0, 0.1) is 6.92 Å². The largest absolute Gasteiger partial charge is 0.368 e. The van der Waals surface area contributed by atoms with Crippen LogP contribution < -0.4 is 4.90 Å². The number of hydrogen-bond acceptors (Lipinski definition) is 2. The predicted octanol–water partition coefficient (Wildman–Crippen LogP) is 4.85. The lowest BCUT2D eigenvalue weighted by Crippen LogP contribution is -2.49. The van der Waals surface area contributed by atoms with E-state index in [4.69, 9.17) is 11.6 Å². The second kappa shape index (κ2) is 6.97. The molecule has 0 atom stereocenters. The lowest BCUT2D eigenvalue weighted by atomic mass is 10.2. The highest BCUT2D eigenvalue weighted by molar-refractivity contribution is 9.10. The number of rotatable bonds is 2. The van der Waals surface area contributed by atoms with Crippen LogP contribution in [0.2, 0.25) is 5.02 Å². The number of amides is 1. The fraction of sp³-hybridized carbons (Fsp3) is 0.250. The molecular weight excluding hydrogens is 414 g/mol. The lowest BCUT2D eigenvalue weighted by molar-refractivity contribution is 0.0742. The smallest absolute Gasteiger partial charge is 0.271 e. The van der Waals surface area contributed by atoms with Gasteiger partial charge < -0.3 is 14.8 Å². The number of aromatic nitrogens is 1. The zero-order valence-corrected chi connectivity index (χ0v) is 16.8. The van der Waals surface area contributed by atoms with Crippen LogP contribution >= 0.6 is 27.5 Å².